The lowest BCUT2D eigenvalue weighted by molar-refractivity contribution is -0.114. The van der Waals surface area contributed by atoms with Gasteiger partial charge in [0, 0.05) is 13.1 Å². The van der Waals surface area contributed by atoms with Gasteiger partial charge in [-0.05, 0) is 81.2 Å². The van der Waals surface area contributed by atoms with Crippen LogP contribution < -0.4 is 21.7 Å². The number of carbonyl (C=O) groups excluding carboxylic acids is 1. The molecule has 1 aliphatic rings. The maximum absolute atomic E-state index is 12.8. The van der Waals surface area contributed by atoms with Gasteiger partial charge in [0.1, 0.15) is 11.5 Å². The lowest BCUT2D eigenvalue weighted by Crippen LogP contribution is -2.37. The zero-order chi connectivity index (χ0) is 21.2. The second-order valence-electron chi connectivity index (χ2n) is 7.01. The SMILES string of the molecule is CC=C(NCc1ccc(Cl)c(Cl)c1)NC(=O)C(=NCC1CCCNC1)C(C)=CN. The molecule has 0 spiro atoms. The van der Waals surface area contributed by atoms with Crippen molar-refractivity contribution in [3.8, 4) is 0 Å². The summed E-state index contributed by atoms with van der Waals surface area (Å²) in [5.41, 5.74) is 7.60. The quantitative estimate of drug-likeness (QED) is 0.469. The molecule has 29 heavy (non-hydrogen) atoms. The number of benzene rings is 1. The predicted octanol–water partition coefficient (Wildman–Crippen LogP) is 3.36. The minimum Gasteiger partial charge on any atom is -0.404 e. The highest BCUT2D eigenvalue weighted by Gasteiger charge is 2.17. The summed E-state index contributed by atoms with van der Waals surface area (Å²) in [7, 11) is 0. The lowest BCUT2D eigenvalue weighted by Gasteiger charge is -2.21. The Morgan fingerprint density at radius 2 is 2.17 bits per heavy atom. The van der Waals surface area contributed by atoms with Crippen LogP contribution in [0, 0.1) is 5.92 Å². The number of halogens is 2. The van der Waals surface area contributed by atoms with Gasteiger partial charge in [-0.25, -0.2) is 0 Å². The summed E-state index contributed by atoms with van der Waals surface area (Å²) in [6, 6.07) is 5.41. The number of nitrogens with two attached hydrogens (primary N) is 1. The average molecular weight is 438 g/mol. The molecule has 0 saturated carbocycles. The van der Waals surface area contributed by atoms with Crippen LogP contribution >= 0.6 is 23.2 Å². The molecular weight excluding hydrogens is 409 g/mol. The number of hydrogen-bond acceptors (Lipinski definition) is 5. The Morgan fingerprint density at radius 3 is 2.79 bits per heavy atom. The summed E-state index contributed by atoms with van der Waals surface area (Å²) in [4.78, 5) is 17.4. The van der Waals surface area contributed by atoms with E-state index in [0.29, 0.717) is 46.2 Å². The summed E-state index contributed by atoms with van der Waals surface area (Å²) in [6.45, 7) is 6.69. The van der Waals surface area contributed by atoms with Gasteiger partial charge >= 0.3 is 0 Å². The molecule has 1 amide bonds. The molecule has 0 aliphatic carbocycles. The van der Waals surface area contributed by atoms with Crippen molar-refractivity contribution in [2.24, 2.45) is 16.6 Å². The van der Waals surface area contributed by atoms with Gasteiger partial charge in [0.05, 0.1) is 10.0 Å². The van der Waals surface area contributed by atoms with Gasteiger partial charge < -0.3 is 21.7 Å². The fourth-order valence-electron chi connectivity index (χ4n) is 3.00. The van der Waals surface area contributed by atoms with E-state index < -0.39 is 0 Å². The molecule has 8 heteroatoms. The third-order valence-electron chi connectivity index (χ3n) is 4.75. The molecule has 0 radical (unpaired) electrons. The Bertz CT molecular complexity index is 798. The lowest BCUT2D eigenvalue weighted by atomic mass is 10.00. The van der Waals surface area contributed by atoms with E-state index in [1.165, 1.54) is 6.20 Å². The largest absolute Gasteiger partial charge is 0.404 e. The molecule has 158 valence electrons. The van der Waals surface area contributed by atoms with Gasteiger partial charge in [-0.3, -0.25) is 9.79 Å². The number of nitrogens with one attached hydrogen (secondary N) is 3. The number of allylic oxidation sites excluding steroid dienone is 1. The number of carbonyl (C=O) groups is 1. The van der Waals surface area contributed by atoms with E-state index in [1.54, 1.807) is 25.1 Å². The molecule has 1 heterocycles. The van der Waals surface area contributed by atoms with Gasteiger partial charge in [0.15, 0.2) is 0 Å². The summed E-state index contributed by atoms with van der Waals surface area (Å²) < 4.78 is 0. The highest BCUT2D eigenvalue weighted by atomic mass is 35.5. The van der Waals surface area contributed by atoms with Crippen molar-refractivity contribution in [3.63, 3.8) is 0 Å². The van der Waals surface area contributed by atoms with E-state index in [9.17, 15) is 4.79 Å². The van der Waals surface area contributed by atoms with E-state index in [0.717, 1.165) is 31.5 Å². The van der Waals surface area contributed by atoms with Crippen LogP contribution in [0.1, 0.15) is 32.3 Å². The smallest absolute Gasteiger partial charge is 0.275 e. The zero-order valence-corrected chi connectivity index (χ0v) is 18.4. The Balaban J connectivity index is 2.00. The maximum Gasteiger partial charge on any atom is 0.275 e. The second-order valence-corrected chi connectivity index (χ2v) is 7.82. The van der Waals surface area contributed by atoms with Gasteiger partial charge in [-0.15, -0.1) is 0 Å². The van der Waals surface area contributed by atoms with E-state index in [4.69, 9.17) is 28.9 Å². The molecule has 0 aromatic heterocycles. The Labute approximate surface area is 182 Å². The third-order valence-corrected chi connectivity index (χ3v) is 5.49. The molecule has 0 bridgehead atoms. The van der Waals surface area contributed by atoms with Crippen LogP contribution in [0.5, 0.6) is 0 Å². The first-order chi connectivity index (χ1) is 13.9. The highest BCUT2D eigenvalue weighted by Crippen LogP contribution is 2.22. The summed E-state index contributed by atoms with van der Waals surface area (Å²) in [5, 5.41) is 10.4. The van der Waals surface area contributed by atoms with Crippen LogP contribution in [0.4, 0.5) is 0 Å². The zero-order valence-electron chi connectivity index (χ0n) is 16.9. The topological polar surface area (TPSA) is 91.5 Å². The van der Waals surface area contributed by atoms with Crippen LogP contribution in [0.2, 0.25) is 10.0 Å². The van der Waals surface area contributed by atoms with Gasteiger partial charge in [-0.2, -0.15) is 0 Å². The Morgan fingerprint density at radius 1 is 1.38 bits per heavy atom. The maximum atomic E-state index is 12.8. The summed E-state index contributed by atoms with van der Waals surface area (Å²) in [5.74, 6) is 0.728. The molecule has 2 rings (SSSR count). The molecule has 6 nitrogen and oxygen atoms in total. The van der Waals surface area contributed by atoms with Crippen LogP contribution in [0.3, 0.4) is 0 Å². The van der Waals surface area contributed by atoms with E-state index in [2.05, 4.69) is 20.9 Å². The molecule has 1 saturated heterocycles. The predicted molar refractivity (Wildman–Crippen MR) is 121 cm³/mol. The Hall–Kier alpha value is -2.02. The monoisotopic (exact) mass is 437 g/mol. The molecule has 1 atom stereocenters. The second kappa shape index (κ2) is 11.9. The molecule has 1 fully saturated rings. The van der Waals surface area contributed by atoms with E-state index in [-0.39, 0.29) is 5.91 Å². The normalized spacial score (nSPS) is 18.5. The minimum atomic E-state index is -0.289. The molecule has 1 aliphatic heterocycles. The van der Waals surface area contributed by atoms with Crippen molar-refractivity contribution in [3.05, 3.63) is 57.5 Å². The highest BCUT2D eigenvalue weighted by molar-refractivity contribution is 6.45. The average Bonchev–Trinajstić information content (AvgIpc) is 2.74. The Kier molecular flexibility index (Phi) is 9.51. The number of amides is 1. The molecule has 1 aromatic rings. The van der Waals surface area contributed by atoms with Crippen LogP contribution in [-0.2, 0) is 11.3 Å². The molecule has 1 unspecified atom stereocenters. The fraction of sp³-hybridized carbons (Fsp3) is 0.429. The third kappa shape index (κ3) is 7.38. The number of piperidine rings is 1. The van der Waals surface area contributed by atoms with Crippen molar-refractivity contribution in [1.82, 2.24) is 16.0 Å². The molecule has 1 aromatic carbocycles. The van der Waals surface area contributed by atoms with E-state index >= 15 is 0 Å². The number of aliphatic imine (C=N–C) groups is 1. The van der Waals surface area contributed by atoms with Crippen molar-refractivity contribution in [2.75, 3.05) is 19.6 Å². The van der Waals surface area contributed by atoms with Gasteiger partial charge in [-0.1, -0.05) is 29.3 Å². The standard InChI is InChI=1S/C21H29Cl2N5O/c1-3-19(26-12-15-6-7-17(22)18(23)9-15)28-21(29)20(14(2)10-24)27-13-16-5-4-8-25-11-16/h3,6-7,9-10,16,25-26H,4-5,8,11-13,24H2,1-2H3,(H,28,29). The first-order valence-electron chi connectivity index (χ1n) is 9.74. The van der Waals surface area contributed by atoms with Crippen LogP contribution in [0.15, 0.2) is 46.9 Å². The van der Waals surface area contributed by atoms with Crippen molar-refractivity contribution in [2.45, 2.75) is 33.2 Å². The van der Waals surface area contributed by atoms with Crippen LogP contribution in [0.25, 0.3) is 0 Å². The summed E-state index contributed by atoms with van der Waals surface area (Å²) in [6.07, 6.45) is 5.45. The van der Waals surface area contributed by atoms with Crippen molar-refractivity contribution in [1.29, 1.82) is 0 Å². The number of hydrogen-bond donors (Lipinski definition) is 4. The number of nitrogens with zero attached hydrogens (tertiary/aromatic N) is 1. The van der Waals surface area contributed by atoms with Gasteiger partial charge in [0.25, 0.3) is 5.91 Å². The van der Waals surface area contributed by atoms with Crippen molar-refractivity contribution < 1.29 is 4.79 Å². The minimum absolute atomic E-state index is 0.289. The fourth-order valence-corrected chi connectivity index (χ4v) is 3.32. The molecule has 5 N–H and O–H groups in total. The first kappa shape index (κ1) is 23.3. The van der Waals surface area contributed by atoms with E-state index in [1.807, 2.05) is 13.0 Å². The van der Waals surface area contributed by atoms with Crippen LogP contribution in [-0.4, -0.2) is 31.3 Å². The molecular formula is C21H29Cl2N5O. The first-order valence-corrected chi connectivity index (χ1v) is 10.5. The van der Waals surface area contributed by atoms with Gasteiger partial charge in [0.2, 0.25) is 0 Å². The summed E-state index contributed by atoms with van der Waals surface area (Å²) >= 11 is 12.0. The van der Waals surface area contributed by atoms with Crippen molar-refractivity contribution >= 4 is 34.8 Å². The number of rotatable bonds is 8.